The smallest absolute Gasteiger partial charge is 0.224 e. The predicted molar refractivity (Wildman–Crippen MR) is 108 cm³/mol. The van der Waals surface area contributed by atoms with Crippen molar-refractivity contribution >= 4 is 23.2 Å². The van der Waals surface area contributed by atoms with Gasteiger partial charge in [-0.1, -0.05) is 13.0 Å². The minimum atomic E-state index is -0.416. The number of aromatic nitrogens is 1. The Balaban J connectivity index is 1.63. The molecule has 1 saturated carbocycles. The zero-order chi connectivity index (χ0) is 18.9. The standard InChI is InChI=1S/C21H29N3OS/c1-13-8-7-9-24-16(10-15(26-6)18(13)24)20(2,3)22-19(25)17-14-11-23(5)12-21(14,17)4/h7-10,14,17H,11-12H2,1-6H3,(H,22,25)/t14-,17+,21-/m0/s1. The van der Waals surface area contributed by atoms with Crippen LogP contribution in [0.3, 0.4) is 0 Å². The van der Waals surface area contributed by atoms with Crippen molar-refractivity contribution in [1.82, 2.24) is 14.6 Å². The van der Waals surface area contributed by atoms with Crippen molar-refractivity contribution in [2.75, 3.05) is 26.4 Å². The zero-order valence-electron chi connectivity index (χ0n) is 16.6. The van der Waals surface area contributed by atoms with Crippen LogP contribution in [0.15, 0.2) is 29.3 Å². The number of rotatable bonds is 4. The molecule has 140 valence electrons. The maximum atomic E-state index is 13.1. The lowest BCUT2D eigenvalue weighted by Crippen LogP contribution is -2.44. The van der Waals surface area contributed by atoms with Gasteiger partial charge in [-0.15, -0.1) is 11.8 Å². The van der Waals surface area contributed by atoms with Gasteiger partial charge in [-0.3, -0.25) is 4.79 Å². The van der Waals surface area contributed by atoms with Gasteiger partial charge in [0.15, 0.2) is 0 Å². The summed E-state index contributed by atoms with van der Waals surface area (Å²) in [7, 11) is 2.15. The lowest BCUT2D eigenvalue weighted by molar-refractivity contribution is -0.125. The molecule has 0 radical (unpaired) electrons. The Kier molecular flexibility index (Phi) is 3.98. The van der Waals surface area contributed by atoms with E-state index in [1.165, 1.54) is 16.0 Å². The highest BCUT2D eigenvalue weighted by Crippen LogP contribution is 2.62. The number of piperidine rings is 1. The second-order valence-corrected chi connectivity index (χ2v) is 9.76. The van der Waals surface area contributed by atoms with Crippen molar-refractivity contribution in [1.29, 1.82) is 0 Å². The molecule has 2 aliphatic rings. The van der Waals surface area contributed by atoms with E-state index < -0.39 is 5.54 Å². The van der Waals surface area contributed by atoms with Gasteiger partial charge in [0.05, 0.1) is 11.1 Å². The van der Waals surface area contributed by atoms with Crippen LogP contribution in [0.25, 0.3) is 5.52 Å². The molecule has 1 amide bonds. The Hall–Kier alpha value is -1.46. The first kappa shape index (κ1) is 17.9. The van der Waals surface area contributed by atoms with Crippen molar-refractivity contribution in [2.24, 2.45) is 17.3 Å². The molecule has 0 aromatic carbocycles. The van der Waals surface area contributed by atoms with E-state index in [0.29, 0.717) is 5.92 Å². The maximum absolute atomic E-state index is 13.1. The number of nitrogens with one attached hydrogen (secondary N) is 1. The minimum absolute atomic E-state index is 0.158. The Labute approximate surface area is 160 Å². The van der Waals surface area contributed by atoms with E-state index in [1.807, 2.05) is 0 Å². The summed E-state index contributed by atoms with van der Waals surface area (Å²) >= 11 is 1.76. The third-order valence-electron chi connectivity index (χ3n) is 6.50. The molecule has 1 saturated heterocycles. The van der Waals surface area contributed by atoms with Crippen LogP contribution in [0.2, 0.25) is 0 Å². The van der Waals surface area contributed by atoms with Gasteiger partial charge >= 0.3 is 0 Å². The molecule has 2 aromatic rings. The fourth-order valence-electron chi connectivity index (χ4n) is 5.13. The average molecular weight is 372 g/mol. The number of hydrogen-bond donors (Lipinski definition) is 1. The highest BCUT2D eigenvalue weighted by atomic mass is 32.2. The summed E-state index contributed by atoms with van der Waals surface area (Å²) in [6, 6.07) is 6.46. The maximum Gasteiger partial charge on any atom is 0.224 e. The number of aryl methyl sites for hydroxylation is 1. The van der Waals surface area contributed by atoms with E-state index in [1.54, 1.807) is 11.8 Å². The molecule has 3 atom stereocenters. The molecule has 1 aliphatic carbocycles. The molecule has 0 spiro atoms. The SMILES string of the molecule is CSc1cc(C(C)(C)NC(=O)[C@H]2[C@@H]3CN(C)C[C@@]32C)n2cccc(C)c12. The number of thioether (sulfide) groups is 1. The largest absolute Gasteiger partial charge is 0.345 e. The summed E-state index contributed by atoms with van der Waals surface area (Å²) in [6.45, 7) is 10.7. The molecule has 2 aromatic heterocycles. The number of nitrogens with zero attached hydrogens (tertiary/aromatic N) is 2. The Morgan fingerprint density at radius 2 is 2.15 bits per heavy atom. The van der Waals surface area contributed by atoms with Gasteiger partial charge in [0.25, 0.3) is 0 Å². The fourth-order valence-corrected chi connectivity index (χ4v) is 5.82. The van der Waals surface area contributed by atoms with Gasteiger partial charge in [-0.05, 0) is 63.1 Å². The molecule has 26 heavy (non-hydrogen) atoms. The number of pyridine rings is 1. The van der Waals surface area contributed by atoms with Crippen molar-refractivity contribution < 1.29 is 4.79 Å². The van der Waals surface area contributed by atoms with E-state index >= 15 is 0 Å². The highest BCUT2D eigenvalue weighted by molar-refractivity contribution is 7.98. The number of hydrogen-bond acceptors (Lipinski definition) is 3. The van der Waals surface area contributed by atoms with Gasteiger partial charge < -0.3 is 14.6 Å². The van der Waals surface area contributed by atoms with Crippen molar-refractivity contribution in [3.8, 4) is 0 Å². The Morgan fingerprint density at radius 1 is 1.42 bits per heavy atom. The zero-order valence-corrected chi connectivity index (χ0v) is 17.4. The molecule has 5 heteroatoms. The third-order valence-corrected chi connectivity index (χ3v) is 7.26. The van der Waals surface area contributed by atoms with E-state index in [4.69, 9.17) is 0 Å². The quantitative estimate of drug-likeness (QED) is 0.836. The van der Waals surface area contributed by atoms with Crippen LogP contribution in [0.1, 0.15) is 32.0 Å². The van der Waals surface area contributed by atoms with Gasteiger partial charge in [0.1, 0.15) is 0 Å². The van der Waals surface area contributed by atoms with Crippen LogP contribution in [0.5, 0.6) is 0 Å². The average Bonchev–Trinajstić information content (AvgIpc) is 2.84. The normalized spacial score (nSPS) is 28.4. The van der Waals surface area contributed by atoms with Crippen LogP contribution in [-0.2, 0) is 10.3 Å². The number of fused-ring (bicyclic) bond motifs is 2. The van der Waals surface area contributed by atoms with Gasteiger partial charge in [0, 0.05) is 35.8 Å². The highest BCUT2D eigenvalue weighted by Gasteiger charge is 2.68. The number of likely N-dealkylation sites (tertiary alicyclic amines) is 1. The first-order valence-electron chi connectivity index (χ1n) is 9.35. The molecule has 4 nitrogen and oxygen atoms in total. The first-order chi connectivity index (χ1) is 12.2. The van der Waals surface area contributed by atoms with Crippen LogP contribution in [0.4, 0.5) is 0 Å². The molecule has 3 heterocycles. The molecule has 1 N–H and O–H groups in total. The Morgan fingerprint density at radius 3 is 2.77 bits per heavy atom. The summed E-state index contributed by atoms with van der Waals surface area (Å²) < 4.78 is 2.24. The second kappa shape index (κ2) is 5.77. The first-order valence-corrected chi connectivity index (χ1v) is 10.6. The van der Waals surface area contributed by atoms with E-state index in [-0.39, 0.29) is 17.2 Å². The van der Waals surface area contributed by atoms with Crippen LogP contribution in [-0.4, -0.2) is 41.6 Å². The number of carbonyl (C=O) groups is 1. The van der Waals surface area contributed by atoms with E-state index in [2.05, 4.69) is 80.0 Å². The lowest BCUT2D eigenvalue weighted by atomic mass is 9.99. The van der Waals surface area contributed by atoms with E-state index in [9.17, 15) is 4.79 Å². The molecular weight excluding hydrogens is 342 g/mol. The van der Waals surface area contributed by atoms with Crippen LogP contribution >= 0.6 is 11.8 Å². The fraction of sp³-hybridized carbons (Fsp3) is 0.571. The molecule has 2 fully saturated rings. The summed E-state index contributed by atoms with van der Waals surface area (Å²) in [6.07, 6.45) is 4.22. The van der Waals surface area contributed by atoms with Crippen molar-refractivity contribution in [3.05, 3.63) is 35.7 Å². The van der Waals surface area contributed by atoms with Gasteiger partial charge in [0.2, 0.25) is 5.91 Å². The summed E-state index contributed by atoms with van der Waals surface area (Å²) in [5.41, 5.74) is 3.40. The third kappa shape index (κ3) is 2.51. The number of carbonyl (C=O) groups excluding carboxylic acids is 1. The minimum Gasteiger partial charge on any atom is -0.345 e. The predicted octanol–water partition coefficient (Wildman–Crippen LogP) is 3.52. The molecular formula is C21H29N3OS. The molecule has 0 unspecified atom stereocenters. The summed E-state index contributed by atoms with van der Waals surface area (Å²) in [5, 5.41) is 3.36. The Bertz CT molecular complexity index is 887. The summed E-state index contributed by atoms with van der Waals surface area (Å²) in [4.78, 5) is 16.7. The lowest BCUT2D eigenvalue weighted by Gasteiger charge is -2.28. The van der Waals surface area contributed by atoms with Gasteiger partial charge in [-0.2, -0.15) is 0 Å². The topological polar surface area (TPSA) is 36.8 Å². The summed E-state index contributed by atoms with van der Waals surface area (Å²) in [5.74, 6) is 0.881. The van der Waals surface area contributed by atoms with E-state index in [0.717, 1.165) is 18.8 Å². The number of amides is 1. The van der Waals surface area contributed by atoms with Crippen LogP contribution < -0.4 is 5.32 Å². The monoisotopic (exact) mass is 371 g/mol. The van der Waals surface area contributed by atoms with Crippen molar-refractivity contribution in [2.45, 2.75) is 38.1 Å². The van der Waals surface area contributed by atoms with Gasteiger partial charge in [-0.25, -0.2) is 0 Å². The second-order valence-electron chi connectivity index (χ2n) is 8.91. The molecule has 4 rings (SSSR count). The molecule has 0 bridgehead atoms. The molecule has 1 aliphatic heterocycles. The van der Waals surface area contributed by atoms with Crippen LogP contribution in [0, 0.1) is 24.2 Å². The van der Waals surface area contributed by atoms with Crippen molar-refractivity contribution in [3.63, 3.8) is 0 Å².